The molecule has 0 saturated carbocycles. The highest BCUT2D eigenvalue weighted by Crippen LogP contribution is 2.11. The average Bonchev–Trinajstić information content (AvgIpc) is 2.14. The fraction of sp³-hybridized carbons (Fsp3) is 1.00. The minimum absolute atomic E-state index is 0.0507. The molecule has 78 valence electrons. The summed E-state index contributed by atoms with van der Waals surface area (Å²) in [4.78, 5) is 0. The maximum atomic E-state index is 5.95. The zero-order valence-electron chi connectivity index (χ0n) is 9.51. The van der Waals surface area contributed by atoms with E-state index in [2.05, 4.69) is 20.8 Å². The van der Waals surface area contributed by atoms with Crippen molar-refractivity contribution >= 4 is 14.5 Å². The summed E-state index contributed by atoms with van der Waals surface area (Å²) in [5.74, 6) is 0. The third-order valence-electron chi connectivity index (χ3n) is 2.16. The van der Waals surface area contributed by atoms with Gasteiger partial charge in [0.05, 0.1) is 0 Å². The summed E-state index contributed by atoms with van der Waals surface area (Å²) in [6.45, 7) is 6.57. The molecular formula is C10H23AlO2. The molecule has 0 rings (SSSR count). The van der Waals surface area contributed by atoms with Crippen molar-refractivity contribution in [1.82, 2.24) is 0 Å². The highest BCUT2D eigenvalue weighted by atomic mass is 27.2. The van der Waals surface area contributed by atoms with E-state index in [1.165, 1.54) is 23.4 Å². The molecule has 0 bridgehead atoms. The van der Waals surface area contributed by atoms with Crippen LogP contribution in [0.1, 0.15) is 40.0 Å². The summed E-state index contributed by atoms with van der Waals surface area (Å²) in [5, 5.41) is 2.57. The Morgan fingerprint density at radius 1 is 1.08 bits per heavy atom. The molecule has 0 fully saturated rings. The molecule has 1 atom stereocenters. The van der Waals surface area contributed by atoms with Crippen molar-refractivity contribution in [3.8, 4) is 0 Å². The van der Waals surface area contributed by atoms with Gasteiger partial charge in [0.2, 0.25) is 0 Å². The predicted octanol–water partition coefficient (Wildman–Crippen LogP) is 3.20. The standard InChI is InChI=1S/C4H9O2.2C3H7.Al/c1-3-4(5)6-2;2*1-3-2;/h4H,3H2,1-2H3;2*1,3H2,2H3;/q-1;;;+1. The van der Waals surface area contributed by atoms with Gasteiger partial charge in [-0.2, -0.15) is 0 Å². The highest BCUT2D eigenvalue weighted by molar-refractivity contribution is 6.51. The topological polar surface area (TPSA) is 18.5 Å². The summed E-state index contributed by atoms with van der Waals surface area (Å²) in [6, 6.07) is 0. The summed E-state index contributed by atoms with van der Waals surface area (Å²) >= 11 is -0.952. The van der Waals surface area contributed by atoms with Crippen molar-refractivity contribution < 1.29 is 8.53 Å². The monoisotopic (exact) mass is 202 g/mol. The van der Waals surface area contributed by atoms with Crippen molar-refractivity contribution in [2.45, 2.75) is 56.9 Å². The molecule has 0 heterocycles. The first kappa shape index (κ1) is 13.5. The molecule has 0 aliphatic carbocycles. The van der Waals surface area contributed by atoms with Crippen LogP contribution in [0.25, 0.3) is 0 Å². The molecule has 0 aromatic carbocycles. The van der Waals surface area contributed by atoms with E-state index in [0.29, 0.717) is 0 Å². The molecule has 0 saturated heterocycles. The van der Waals surface area contributed by atoms with Crippen LogP contribution >= 0.6 is 0 Å². The van der Waals surface area contributed by atoms with Gasteiger partial charge in [0, 0.05) is 7.11 Å². The van der Waals surface area contributed by atoms with Gasteiger partial charge in [-0.05, 0) is 6.42 Å². The highest BCUT2D eigenvalue weighted by Gasteiger charge is 2.21. The molecule has 13 heavy (non-hydrogen) atoms. The van der Waals surface area contributed by atoms with Gasteiger partial charge in [0.25, 0.3) is 0 Å². The Kier molecular flexibility index (Phi) is 9.34. The molecule has 0 aromatic rings. The molecule has 0 radical (unpaired) electrons. The zero-order valence-corrected chi connectivity index (χ0v) is 10.7. The maximum Gasteiger partial charge on any atom is 0.462 e. The largest absolute Gasteiger partial charge is 0.478 e. The lowest BCUT2D eigenvalue weighted by Gasteiger charge is -2.19. The molecule has 0 spiro atoms. The number of rotatable bonds is 8. The van der Waals surface area contributed by atoms with Crippen molar-refractivity contribution in [3.05, 3.63) is 0 Å². The smallest absolute Gasteiger partial charge is 0.462 e. The first-order valence-corrected chi connectivity index (χ1v) is 7.57. The summed E-state index contributed by atoms with van der Waals surface area (Å²) in [6.07, 6.45) is 3.51. The van der Waals surface area contributed by atoms with E-state index < -0.39 is 14.5 Å². The Morgan fingerprint density at radius 3 is 1.92 bits per heavy atom. The summed E-state index contributed by atoms with van der Waals surface area (Å²) < 4.78 is 11.2. The molecule has 3 heteroatoms. The average molecular weight is 202 g/mol. The second kappa shape index (κ2) is 9.03. The van der Waals surface area contributed by atoms with Gasteiger partial charge in [-0.15, -0.1) is 0 Å². The third-order valence-corrected chi connectivity index (χ3v) is 5.29. The van der Waals surface area contributed by atoms with E-state index >= 15 is 0 Å². The Bertz CT molecular complexity index is 99.1. The lowest BCUT2D eigenvalue weighted by Crippen LogP contribution is -2.26. The van der Waals surface area contributed by atoms with E-state index in [0.717, 1.165) is 6.42 Å². The van der Waals surface area contributed by atoms with Crippen molar-refractivity contribution in [1.29, 1.82) is 0 Å². The first-order chi connectivity index (χ1) is 6.28. The number of hydrogen-bond donors (Lipinski definition) is 0. The molecule has 2 nitrogen and oxygen atoms in total. The lowest BCUT2D eigenvalue weighted by atomic mass is 10.5. The third kappa shape index (κ3) is 6.51. The molecule has 1 unspecified atom stereocenters. The van der Waals surface area contributed by atoms with Crippen LogP contribution in [-0.4, -0.2) is 27.9 Å². The Hall–Kier alpha value is 0.452. The van der Waals surface area contributed by atoms with E-state index in [1.807, 2.05) is 0 Å². The number of hydrogen-bond acceptors (Lipinski definition) is 2. The fourth-order valence-electron chi connectivity index (χ4n) is 1.46. The second-order valence-corrected chi connectivity index (χ2v) is 6.08. The van der Waals surface area contributed by atoms with Crippen LogP contribution in [0.3, 0.4) is 0 Å². The molecule has 0 aliphatic heterocycles. The molecule has 0 aliphatic rings. The molecular weight excluding hydrogens is 179 g/mol. The van der Waals surface area contributed by atoms with Crippen molar-refractivity contribution in [3.63, 3.8) is 0 Å². The number of methoxy groups -OCH3 is 1. The minimum Gasteiger partial charge on any atom is -0.478 e. The Labute approximate surface area is 87.3 Å². The summed E-state index contributed by atoms with van der Waals surface area (Å²) in [7, 11) is 1.73. The van der Waals surface area contributed by atoms with Crippen molar-refractivity contribution in [2.75, 3.05) is 7.11 Å². The van der Waals surface area contributed by atoms with E-state index in [9.17, 15) is 0 Å². The zero-order chi connectivity index (χ0) is 10.1. The fourth-order valence-corrected chi connectivity index (χ4v) is 4.04. The van der Waals surface area contributed by atoms with Gasteiger partial charge in [0.1, 0.15) is 6.29 Å². The molecule has 0 aromatic heterocycles. The molecule has 0 N–H and O–H groups in total. The van der Waals surface area contributed by atoms with E-state index in [-0.39, 0.29) is 6.29 Å². The minimum atomic E-state index is -0.952. The Morgan fingerprint density at radius 2 is 1.62 bits per heavy atom. The van der Waals surface area contributed by atoms with Crippen LogP contribution in [0.5, 0.6) is 0 Å². The quantitative estimate of drug-likeness (QED) is 0.444. The van der Waals surface area contributed by atoms with Gasteiger partial charge in [0.15, 0.2) is 0 Å². The van der Waals surface area contributed by atoms with Gasteiger partial charge in [-0.25, -0.2) is 0 Å². The van der Waals surface area contributed by atoms with Gasteiger partial charge in [-0.3, -0.25) is 0 Å². The van der Waals surface area contributed by atoms with Crippen LogP contribution in [0.15, 0.2) is 0 Å². The van der Waals surface area contributed by atoms with Gasteiger partial charge >= 0.3 is 14.5 Å². The molecule has 0 amide bonds. The van der Waals surface area contributed by atoms with Gasteiger partial charge in [-0.1, -0.05) is 44.2 Å². The first-order valence-electron chi connectivity index (χ1n) is 5.46. The van der Waals surface area contributed by atoms with Crippen LogP contribution in [0, 0.1) is 0 Å². The lowest BCUT2D eigenvalue weighted by molar-refractivity contribution is -0.0582. The summed E-state index contributed by atoms with van der Waals surface area (Å²) in [5.41, 5.74) is 0. The van der Waals surface area contributed by atoms with Crippen LogP contribution in [0.2, 0.25) is 10.6 Å². The normalized spacial score (nSPS) is 12.9. The van der Waals surface area contributed by atoms with Crippen molar-refractivity contribution in [2.24, 2.45) is 0 Å². The van der Waals surface area contributed by atoms with E-state index in [1.54, 1.807) is 7.11 Å². The van der Waals surface area contributed by atoms with Gasteiger partial charge < -0.3 is 8.53 Å². The number of ether oxygens (including phenoxy) is 1. The predicted molar refractivity (Wildman–Crippen MR) is 58.1 cm³/mol. The van der Waals surface area contributed by atoms with Crippen LogP contribution < -0.4 is 0 Å². The SMILES string of the molecule is CC[CH2][Al]([CH2]CC)[O]C(CC)OC. The van der Waals surface area contributed by atoms with Crippen LogP contribution in [-0.2, 0) is 8.53 Å². The van der Waals surface area contributed by atoms with Crippen LogP contribution in [0.4, 0.5) is 0 Å². The maximum absolute atomic E-state index is 5.95. The second-order valence-electron chi connectivity index (χ2n) is 3.41. The van der Waals surface area contributed by atoms with E-state index in [4.69, 9.17) is 8.53 Å². The Balaban J connectivity index is 3.76.